The van der Waals surface area contributed by atoms with Gasteiger partial charge in [0.25, 0.3) is 0 Å². The van der Waals surface area contributed by atoms with Gasteiger partial charge in [-0.1, -0.05) is 133 Å². The second kappa shape index (κ2) is 14.0. The maximum atomic E-state index is 5.13. The number of hydrogen-bond acceptors (Lipinski definition) is 4. The first kappa shape index (κ1) is 34.8. The molecule has 0 amide bonds. The predicted octanol–water partition coefficient (Wildman–Crippen LogP) is 14.7. The maximum absolute atomic E-state index is 5.13. The lowest BCUT2D eigenvalue weighted by Crippen LogP contribution is -2.48. The Balaban J connectivity index is 0.984. The van der Waals surface area contributed by atoms with Crippen molar-refractivity contribution in [3.8, 4) is 67.5 Å². The van der Waals surface area contributed by atoms with Gasteiger partial charge in [-0.25, -0.2) is 15.0 Å². The summed E-state index contributed by atoms with van der Waals surface area (Å²) in [5, 5.41) is 2.64. The van der Waals surface area contributed by atoms with Crippen LogP contribution in [0.3, 0.4) is 0 Å². The highest BCUT2D eigenvalue weighted by molar-refractivity contribution is 7.26. The number of nitrogens with zero attached hydrogens (tertiary/aromatic N) is 3. The van der Waals surface area contributed by atoms with Gasteiger partial charge in [0.1, 0.15) is 0 Å². The molecule has 2 aromatic heterocycles. The van der Waals surface area contributed by atoms with E-state index in [1.807, 2.05) is 47.7 Å². The molecule has 4 saturated carbocycles. The minimum atomic E-state index is 0.407. The third-order valence-electron chi connectivity index (χ3n) is 13.7. The van der Waals surface area contributed by atoms with Gasteiger partial charge in [-0.2, -0.15) is 0 Å². The number of aromatic nitrogens is 3. The molecular formula is C55H43N3S. The quantitative estimate of drug-likeness (QED) is 0.162. The number of benzene rings is 7. The van der Waals surface area contributed by atoms with Crippen molar-refractivity contribution in [2.45, 2.75) is 43.9 Å². The summed E-state index contributed by atoms with van der Waals surface area (Å²) in [5.74, 6) is 4.80. The van der Waals surface area contributed by atoms with E-state index in [2.05, 4.69) is 133 Å². The van der Waals surface area contributed by atoms with E-state index in [-0.39, 0.29) is 0 Å². The lowest BCUT2D eigenvalue weighted by Gasteiger charge is -2.57. The molecule has 7 aromatic carbocycles. The van der Waals surface area contributed by atoms with Gasteiger partial charge in [0.05, 0.1) is 0 Å². The second-order valence-corrected chi connectivity index (χ2v) is 18.6. The van der Waals surface area contributed by atoms with Crippen LogP contribution in [0.15, 0.2) is 170 Å². The zero-order valence-electron chi connectivity index (χ0n) is 32.9. The number of hydrogen-bond donors (Lipinski definition) is 0. The van der Waals surface area contributed by atoms with Crippen LogP contribution in [0.5, 0.6) is 0 Å². The Morgan fingerprint density at radius 1 is 0.390 bits per heavy atom. The Hall–Kier alpha value is -6.23. The molecule has 13 rings (SSSR count). The van der Waals surface area contributed by atoms with Crippen LogP contribution in [-0.2, 0) is 5.41 Å². The summed E-state index contributed by atoms with van der Waals surface area (Å²) >= 11 is 1.89. The SMILES string of the molecule is c1ccc(-c2cc(-c3ccc4sc5cccc(-c6ccc(C78CC9CC(CC(C9)C7)C8)cc6)c5c4c3)cc(-c3nc(-c4ccccc4)nc(-c4ccccc4)n3)c2)cc1. The Labute approximate surface area is 349 Å². The van der Waals surface area contributed by atoms with Crippen molar-refractivity contribution in [3.63, 3.8) is 0 Å². The van der Waals surface area contributed by atoms with E-state index in [1.54, 1.807) is 5.56 Å². The summed E-state index contributed by atoms with van der Waals surface area (Å²) in [7, 11) is 0. The highest BCUT2D eigenvalue weighted by Gasteiger charge is 2.51. The molecule has 2 heterocycles. The monoisotopic (exact) mass is 777 g/mol. The summed E-state index contributed by atoms with van der Waals surface area (Å²) in [4.78, 5) is 15.2. The van der Waals surface area contributed by atoms with Gasteiger partial charge in [-0.15, -0.1) is 11.3 Å². The zero-order valence-corrected chi connectivity index (χ0v) is 33.7. The predicted molar refractivity (Wildman–Crippen MR) is 245 cm³/mol. The number of thiophene rings is 1. The molecule has 3 nitrogen and oxygen atoms in total. The van der Waals surface area contributed by atoms with Gasteiger partial charge in [0, 0.05) is 36.9 Å². The highest BCUT2D eigenvalue weighted by Crippen LogP contribution is 2.61. The minimum Gasteiger partial charge on any atom is -0.208 e. The van der Waals surface area contributed by atoms with Crippen molar-refractivity contribution in [3.05, 3.63) is 175 Å². The van der Waals surface area contributed by atoms with Crippen LogP contribution in [0.1, 0.15) is 44.1 Å². The molecule has 0 radical (unpaired) electrons. The van der Waals surface area contributed by atoms with Crippen LogP contribution >= 0.6 is 11.3 Å². The Kier molecular flexibility index (Phi) is 8.23. The Bertz CT molecular complexity index is 2910. The molecule has 0 unspecified atom stereocenters. The van der Waals surface area contributed by atoms with Crippen molar-refractivity contribution >= 4 is 31.5 Å². The molecule has 284 valence electrons. The first-order chi connectivity index (χ1) is 29.1. The van der Waals surface area contributed by atoms with Crippen LogP contribution in [0.4, 0.5) is 0 Å². The van der Waals surface area contributed by atoms with E-state index in [9.17, 15) is 0 Å². The lowest BCUT2D eigenvalue weighted by atomic mass is 9.48. The van der Waals surface area contributed by atoms with Gasteiger partial charge in [0.2, 0.25) is 0 Å². The van der Waals surface area contributed by atoms with Crippen molar-refractivity contribution < 1.29 is 0 Å². The maximum Gasteiger partial charge on any atom is 0.164 e. The third-order valence-corrected chi connectivity index (χ3v) is 14.8. The van der Waals surface area contributed by atoms with E-state index in [1.165, 1.54) is 75.4 Å². The fourth-order valence-electron chi connectivity index (χ4n) is 11.4. The van der Waals surface area contributed by atoms with Crippen molar-refractivity contribution in [2.24, 2.45) is 17.8 Å². The van der Waals surface area contributed by atoms with Gasteiger partial charge in [0.15, 0.2) is 17.5 Å². The van der Waals surface area contributed by atoms with Crippen molar-refractivity contribution in [1.29, 1.82) is 0 Å². The van der Waals surface area contributed by atoms with Crippen molar-refractivity contribution in [2.75, 3.05) is 0 Å². The molecule has 9 aromatic rings. The van der Waals surface area contributed by atoms with E-state index in [4.69, 9.17) is 15.0 Å². The first-order valence-electron chi connectivity index (χ1n) is 21.3. The highest BCUT2D eigenvalue weighted by atomic mass is 32.1. The van der Waals surface area contributed by atoms with Gasteiger partial charge in [-0.05, 0) is 137 Å². The number of rotatable bonds is 7. The smallest absolute Gasteiger partial charge is 0.164 e. The molecule has 0 aliphatic heterocycles. The molecule has 0 saturated heterocycles. The summed E-state index contributed by atoms with van der Waals surface area (Å²) < 4.78 is 2.63. The molecular weight excluding hydrogens is 735 g/mol. The second-order valence-electron chi connectivity index (χ2n) is 17.5. The summed E-state index contributed by atoms with van der Waals surface area (Å²) in [5.41, 5.74) is 12.1. The molecule has 59 heavy (non-hydrogen) atoms. The van der Waals surface area contributed by atoms with E-state index >= 15 is 0 Å². The summed E-state index contributed by atoms with van der Waals surface area (Å²) in [6, 6.07) is 61.5. The molecule has 0 N–H and O–H groups in total. The molecule has 0 atom stereocenters. The molecule has 4 aliphatic rings. The molecule has 4 heteroatoms. The standard InChI is InChI=1S/C55H43N3S/c1-4-11-38(12-5-1)43-28-44(30-45(29-43)54-57-52(40-13-6-2-7-14-40)56-53(58-54)41-15-8-3-9-16-41)42-21-24-49-48(31-42)51-47(17-10-18-50(51)59-49)39-19-22-46(23-20-39)55-32-35-25-36(33-55)27-37(26-35)34-55/h1-24,28-31,35-37H,25-27,32-34H2. The van der Waals surface area contributed by atoms with Gasteiger partial charge in [-0.3, -0.25) is 0 Å². The molecule has 0 spiro atoms. The third kappa shape index (κ3) is 6.20. The largest absolute Gasteiger partial charge is 0.208 e. The average molecular weight is 778 g/mol. The molecule has 4 aliphatic carbocycles. The zero-order chi connectivity index (χ0) is 38.9. The first-order valence-corrected chi connectivity index (χ1v) is 22.1. The van der Waals surface area contributed by atoms with E-state index in [0.717, 1.165) is 51.1 Å². The summed E-state index contributed by atoms with van der Waals surface area (Å²) in [6.45, 7) is 0. The fraction of sp³-hybridized carbons (Fsp3) is 0.182. The summed E-state index contributed by atoms with van der Waals surface area (Å²) in [6.07, 6.45) is 8.63. The van der Waals surface area contributed by atoms with Crippen molar-refractivity contribution in [1.82, 2.24) is 15.0 Å². The topological polar surface area (TPSA) is 38.7 Å². The van der Waals surface area contributed by atoms with E-state index in [0.29, 0.717) is 22.9 Å². The van der Waals surface area contributed by atoms with Crippen LogP contribution in [0.25, 0.3) is 87.7 Å². The van der Waals surface area contributed by atoms with Gasteiger partial charge >= 0.3 is 0 Å². The van der Waals surface area contributed by atoms with Crippen LogP contribution in [0, 0.1) is 17.8 Å². The fourth-order valence-corrected chi connectivity index (χ4v) is 12.5. The molecule has 4 bridgehead atoms. The molecule has 4 fully saturated rings. The van der Waals surface area contributed by atoms with Crippen LogP contribution in [-0.4, -0.2) is 15.0 Å². The number of fused-ring (bicyclic) bond motifs is 3. The van der Waals surface area contributed by atoms with E-state index < -0.39 is 0 Å². The Morgan fingerprint density at radius 3 is 1.49 bits per heavy atom. The Morgan fingerprint density at radius 2 is 0.898 bits per heavy atom. The minimum absolute atomic E-state index is 0.407. The lowest BCUT2D eigenvalue weighted by molar-refractivity contribution is -0.00518. The average Bonchev–Trinajstić information content (AvgIpc) is 3.68. The van der Waals surface area contributed by atoms with Crippen LogP contribution in [0.2, 0.25) is 0 Å². The normalized spacial score (nSPS) is 20.7. The van der Waals surface area contributed by atoms with Gasteiger partial charge < -0.3 is 0 Å². The van der Waals surface area contributed by atoms with Crippen LogP contribution < -0.4 is 0 Å².